The summed E-state index contributed by atoms with van der Waals surface area (Å²) in [6.45, 7) is 2.20. The molecule has 0 spiro atoms. The fourth-order valence-electron chi connectivity index (χ4n) is 1.11. The number of rotatable bonds is 6. The lowest BCUT2D eigenvalue weighted by molar-refractivity contribution is -0.116. The Morgan fingerprint density at radius 1 is 1.71 bits per heavy atom. The Morgan fingerprint density at radius 2 is 2.47 bits per heavy atom. The molecule has 0 bridgehead atoms. The molecule has 0 fully saturated rings. The lowest BCUT2D eigenvalue weighted by Crippen LogP contribution is -2.12. The zero-order chi connectivity index (χ0) is 12.7. The summed E-state index contributed by atoms with van der Waals surface area (Å²) in [5.41, 5.74) is 0.978. The van der Waals surface area contributed by atoms with Gasteiger partial charge in [0.25, 0.3) is 0 Å². The monoisotopic (exact) mass is 257 g/mol. The van der Waals surface area contributed by atoms with Crippen molar-refractivity contribution < 1.29 is 14.7 Å². The summed E-state index contributed by atoms with van der Waals surface area (Å²) in [7, 11) is 1.60. The Hall–Kier alpha value is -1.47. The number of ether oxygens (including phenoxy) is 1. The number of nitrogens with zero attached hydrogens (tertiary/aromatic N) is 2. The smallest absolute Gasteiger partial charge is 0.226 e. The van der Waals surface area contributed by atoms with Crippen molar-refractivity contribution in [2.24, 2.45) is 5.16 Å². The molecular formula is C10H15N3O3S. The minimum absolute atomic E-state index is 0.0958. The molecule has 94 valence electrons. The molecule has 1 heterocycles. The molecule has 0 atom stereocenters. The van der Waals surface area contributed by atoms with Gasteiger partial charge in [-0.15, -0.1) is 11.3 Å². The van der Waals surface area contributed by atoms with Crippen molar-refractivity contribution in [1.29, 1.82) is 0 Å². The maximum absolute atomic E-state index is 11.5. The van der Waals surface area contributed by atoms with Crippen molar-refractivity contribution >= 4 is 28.1 Å². The van der Waals surface area contributed by atoms with Crippen molar-refractivity contribution in [3.8, 4) is 0 Å². The Labute approximate surface area is 103 Å². The van der Waals surface area contributed by atoms with Crippen molar-refractivity contribution in [2.45, 2.75) is 19.8 Å². The van der Waals surface area contributed by atoms with Gasteiger partial charge in [0.05, 0.1) is 0 Å². The van der Waals surface area contributed by atoms with Gasteiger partial charge in [0.2, 0.25) is 5.91 Å². The maximum atomic E-state index is 11.5. The second-order valence-corrected chi connectivity index (χ2v) is 4.23. The molecule has 0 saturated carbocycles. The van der Waals surface area contributed by atoms with Gasteiger partial charge in [-0.05, 0) is 13.3 Å². The van der Waals surface area contributed by atoms with E-state index in [0.29, 0.717) is 36.0 Å². The van der Waals surface area contributed by atoms with Crippen LogP contribution in [-0.2, 0) is 9.53 Å². The van der Waals surface area contributed by atoms with Gasteiger partial charge in [0.15, 0.2) is 5.13 Å². The molecule has 1 aromatic heterocycles. The zero-order valence-electron chi connectivity index (χ0n) is 9.77. The van der Waals surface area contributed by atoms with Gasteiger partial charge in [-0.2, -0.15) is 0 Å². The SMILES string of the molecule is COCCCC(=O)Nc1nc(C(C)=NO)cs1. The largest absolute Gasteiger partial charge is 0.411 e. The molecule has 0 aromatic carbocycles. The van der Waals surface area contributed by atoms with Crippen LogP contribution >= 0.6 is 11.3 Å². The summed E-state index contributed by atoms with van der Waals surface area (Å²) in [5, 5.41) is 16.5. The molecule has 0 saturated heterocycles. The average Bonchev–Trinajstić information content (AvgIpc) is 2.77. The fourth-order valence-corrected chi connectivity index (χ4v) is 1.88. The van der Waals surface area contributed by atoms with E-state index >= 15 is 0 Å². The number of hydrogen-bond acceptors (Lipinski definition) is 6. The summed E-state index contributed by atoms with van der Waals surface area (Å²) < 4.78 is 4.86. The summed E-state index contributed by atoms with van der Waals surface area (Å²) in [6.07, 6.45) is 1.08. The van der Waals surface area contributed by atoms with Gasteiger partial charge >= 0.3 is 0 Å². The number of amides is 1. The first kappa shape index (κ1) is 13.6. The van der Waals surface area contributed by atoms with Gasteiger partial charge in [-0.25, -0.2) is 4.98 Å². The molecule has 0 radical (unpaired) electrons. The van der Waals surface area contributed by atoms with E-state index in [4.69, 9.17) is 9.94 Å². The lowest BCUT2D eigenvalue weighted by Gasteiger charge is -2.00. The van der Waals surface area contributed by atoms with Gasteiger partial charge in [-0.1, -0.05) is 5.16 Å². The number of methoxy groups -OCH3 is 1. The van der Waals surface area contributed by atoms with Crippen LogP contribution in [-0.4, -0.2) is 35.5 Å². The lowest BCUT2D eigenvalue weighted by atomic mass is 10.3. The normalized spacial score (nSPS) is 11.5. The van der Waals surface area contributed by atoms with Crippen LogP contribution in [0.25, 0.3) is 0 Å². The first-order chi connectivity index (χ1) is 8.17. The number of carbonyl (C=O) groups excluding carboxylic acids is 1. The zero-order valence-corrected chi connectivity index (χ0v) is 10.6. The molecule has 1 rings (SSSR count). The second kappa shape index (κ2) is 6.97. The molecule has 2 N–H and O–H groups in total. The highest BCUT2D eigenvalue weighted by Crippen LogP contribution is 2.16. The molecule has 0 aliphatic carbocycles. The fraction of sp³-hybridized carbons (Fsp3) is 0.500. The van der Waals surface area contributed by atoms with E-state index in [-0.39, 0.29) is 5.91 Å². The summed E-state index contributed by atoms with van der Waals surface area (Å²) in [5.74, 6) is -0.0958. The Balaban J connectivity index is 2.46. The third kappa shape index (κ3) is 4.49. The van der Waals surface area contributed by atoms with Crippen LogP contribution in [0.2, 0.25) is 0 Å². The minimum Gasteiger partial charge on any atom is -0.411 e. The number of hydrogen-bond donors (Lipinski definition) is 2. The molecule has 17 heavy (non-hydrogen) atoms. The summed E-state index contributed by atoms with van der Waals surface area (Å²) in [6, 6.07) is 0. The molecule has 0 aliphatic heterocycles. The molecule has 6 nitrogen and oxygen atoms in total. The highest BCUT2D eigenvalue weighted by molar-refractivity contribution is 7.14. The van der Waals surface area contributed by atoms with E-state index in [1.807, 2.05) is 0 Å². The van der Waals surface area contributed by atoms with Gasteiger partial charge in [0.1, 0.15) is 11.4 Å². The van der Waals surface area contributed by atoms with E-state index in [1.54, 1.807) is 19.4 Å². The third-order valence-corrected chi connectivity index (χ3v) is 2.78. The van der Waals surface area contributed by atoms with Crippen molar-refractivity contribution in [1.82, 2.24) is 4.98 Å². The number of thiazole rings is 1. The second-order valence-electron chi connectivity index (χ2n) is 3.37. The highest BCUT2D eigenvalue weighted by Gasteiger charge is 2.08. The van der Waals surface area contributed by atoms with Crippen LogP contribution in [0, 0.1) is 0 Å². The molecule has 1 aromatic rings. The Kier molecular flexibility index (Phi) is 5.58. The predicted molar refractivity (Wildman–Crippen MR) is 65.9 cm³/mol. The topological polar surface area (TPSA) is 83.8 Å². The highest BCUT2D eigenvalue weighted by atomic mass is 32.1. The van der Waals surface area contributed by atoms with Gasteiger partial charge < -0.3 is 15.3 Å². The van der Waals surface area contributed by atoms with Gasteiger partial charge in [0, 0.05) is 25.5 Å². The molecule has 0 unspecified atom stereocenters. The minimum atomic E-state index is -0.0958. The standard InChI is InChI=1S/C10H15N3O3S/c1-7(13-15)8-6-17-10(11-8)12-9(14)4-3-5-16-2/h6,15H,3-5H2,1-2H3,(H,11,12,14). The maximum Gasteiger partial charge on any atom is 0.226 e. The Bertz CT molecular complexity index is 403. The van der Waals surface area contributed by atoms with E-state index < -0.39 is 0 Å². The van der Waals surface area contributed by atoms with Crippen LogP contribution in [0.1, 0.15) is 25.5 Å². The summed E-state index contributed by atoms with van der Waals surface area (Å²) in [4.78, 5) is 15.6. The Morgan fingerprint density at radius 3 is 3.12 bits per heavy atom. The first-order valence-electron chi connectivity index (χ1n) is 5.10. The van der Waals surface area contributed by atoms with Crippen LogP contribution in [0.4, 0.5) is 5.13 Å². The third-order valence-electron chi connectivity index (χ3n) is 2.02. The number of anilines is 1. The quantitative estimate of drug-likeness (QED) is 0.351. The molecule has 1 amide bonds. The molecular weight excluding hydrogens is 242 g/mol. The molecule has 7 heteroatoms. The van der Waals surface area contributed by atoms with Crippen LogP contribution in [0.3, 0.4) is 0 Å². The van der Waals surface area contributed by atoms with Crippen LogP contribution in [0.15, 0.2) is 10.5 Å². The van der Waals surface area contributed by atoms with Crippen molar-refractivity contribution in [2.75, 3.05) is 19.0 Å². The molecule has 0 aliphatic rings. The van der Waals surface area contributed by atoms with E-state index in [1.165, 1.54) is 11.3 Å². The number of nitrogens with one attached hydrogen (secondary N) is 1. The van der Waals surface area contributed by atoms with Crippen LogP contribution in [0.5, 0.6) is 0 Å². The van der Waals surface area contributed by atoms with Crippen molar-refractivity contribution in [3.05, 3.63) is 11.1 Å². The average molecular weight is 257 g/mol. The number of aromatic nitrogens is 1. The van der Waals surface area contributed by atoms with Crippen LogP contribution < -0.4 is 5.32 Å². The number of oxime groups is 1. The van der Waals surface area contributed by atoms with E-state index in [9.17, 15) is 4.79 Å². The van der Waals surface area contributed by atoms with E-state index in [0.717, 1.165) is 0 Å². The van der Waals surface area contributed by atoms with E-state index in [2.05, 4.69) is 15.5 Å². The predicted octanol–water partition coefficient (Wildman–Crippen LogP) is 1.71. The summed E-state index contributed by atoms with van der Waals surface area (Å²) >= 11 is 1.29. The van der Waals surface area contributed by atoms with Gasteiger partial charge in [-0.3, -0.25) is 4.79 Å². The number of carbonyl (C=O) groups is 1. The van der Waals surface area contributed by atoms with Crippen molar-refractivity contribution in [3.63, 3.8) is 0 Å². The first-order valence-corrected chi connectivity index (χ1v) is 5.98.